The molecule has 1 aromatic rings. The van der Waals surface area contributed by atoms with E-state index in [1.165, 1.54) is 12.1 Å². The molecule has 12 heavy (non-hydrogen) atoms. The van der Waals surface area contributed by atoms with E-state index in [4.69, 9.17) is 0 Å². The predicted octanol–water partition coefficient (Wildman–Crippen LogP) is 1.79. The van der Waals surface area contributed by atoms with E-state index in [0.717, 1.165) is 0 Å². The van der Waals surface area contributed by atoms with E-state index in [9.17, 15) is 10.1 Å². The Balaban J connectivity index is 3.20. The van der Waals surface area contributed by atoms with E-state index in [0.29, 0.717) is 4.60 Å². The van der Waals surface area contributed by atoms with Crippen LogP contribution in [0.4, 0.5) is 11.5 Å². The molecule has 0 unspecified atom stereocenters. The van der Waals surface area contributed by atoms with Crippen molar-refractivity contribution in [3.63, 3.8) is 0 Å². The largest absolute Gasteiger partial charge is 0.367 e. The van der Waals surface area contributed by atoms with Crippen LogP contribution in [0.25, 0.3) is 0 Å². The number of hydrogen-bond acceptors (Lipinski definition) is 4. The molecule has 0 spiro atoms. The Kier molecular flexibility index (Phi) is 2.59. The lowest BCUT2D eigenvalue weighted by Crippen LogP contribution is -1.98. The minimum Gasteiger partial charge on any atom is -0.367 e. The van der Waals surface area contributed by atoms with Crippen LogP contribution in [-0.4, -0.2) is 17.0 Å². The van der Waals surface area contributed by atoms with E-state index >= 15 is 0 Å². The summed E-state index contributed by atoms with van der Waals surface area (Å²) in [5.41, 5.74) is -0.0271. The second-order valence-corrected chi connectivity index (χ2v) is 2.82. The standard InChI is InChI=1S/C6H6BrN3O2/c1-8-6-4(10(11)12)2-3-5(7)9-6/h2-3H,1H3,(H,8,9). The topological polar surface area (TPSA) is 68.1 Å². The second kappa shape index (κ2) is 3.48. The van der Waals surface area contributed by atoms with Crippen LogP contribution in [0.2, 0.25) is 0 Å². The number of anilines is 1. The maximum Gasteiger partial charge on any atom is 0.311 e. The van der Waals surface area contributed by atoms with Crippen LogP contribution in [0.3, 0.4) is 0 Å². The lowest BCUT2D eigenvalue weighted by molar-refractivity contribution is -0.384. The molecule has 1 rings (SSSR count). The Morgan fingerprint density at radius 3 is 2.83 bits per heavy atom. The first-order chi connectivity index (χ1) is 5.65. The Morgan fingerprint density at radius 2 is 2.33 bits per heavy atom. The molecule has 0 aliphatic heterocycles. The van der Waals surface area contributed by atoms with Crippen LogP contribution in [-0.2, 0) is 0 Å². The monoisotopic (exact) mass is 231 g/mol. The van der Waals surface area contributed by atoms with Gasteiger partial charge in [-0.1, -0.05) is 0 Å². The summed E-state index contributed by atoms with van der Waals surface area (Å²) in [6.07, 6.45) is 0. The minimum absolute atomic E-state index is 0.0271. The Morgan fingerprint density at radius 1 is 1.67 bits per heavy atom. The van der Waals surface area contributed by atoms with Crippen LogP contribution in [0, 0.1) is 10.1 Å². The van der Waals surface area contributed by atoms with E-state index in [1.807, 2.05) is 0 Å². The summed E-state index contributed by atoms with van der Waals surface area (Å²) in [5.74, 6) is 0.259. The highest BCUT2D eigenvalue weighted by atomic mass is 79.9. The highest BCUT2D eigenvalue weighted by Gasteiger charge is 2.13. The zero-order valence-corrected chi connectivity index (χ0v) is 7.83. The molecule has 0 fully saturated rings. The molecule has 0 saturated heterocycles. The van der Waals surface area contributed by atoms with Crippen LogP contribution in [0.15, 0.2) is 16.7 Å². The van der Waals surface area contributed by atoms with Crippen LogP contribution in [0.1, 0.15) is 0 Å². The van der Waals surface area contributed by atoms with Crippen molar-refractivity contribution in [3.8, 4) is 0 Å². The molecule has 1 aromatic heterocycles. The molecule has 0 aromatic carbocycles. The summed E-state index contributed by atoms with van der Waals surface area (Å²) in [7, 11) is 1.59. The zero-order chi connectivity index (χ0) is 9.14. The normalized spacial score (nSPS) is 9.50. The quantitative estimate of drug-likeness (QED) is 0.479. The highest BCUT2D eigenvalue weighted by molar-refractivity contribution is 9.10. The van der Waals surface area contributed by atoms with E-state index in [-0.39, 0.29) is 11.5 Å². The molecule has 0 radical (unpaired) electrons. The van der Waals surface area contributed by atoms with Gasteiger partial charge in [-0.25, -0.2) is 4.98 Å². The van der Waals surface area contributed by atoms with Crippen molar-refractivity contribution in [2.24, 2.45) is 0 Å². The van der Waals surface area contributed by atoms with Gasteiger partial charge in [-0.2, -0.15) is 0 Å². The van der Waals surface area contributed by atoms with Gasteiger partial charge in [0.15, 0.2) is 0 Å². The molecule has 0 atom stereocenters. The maximum atomic E-state index is 10.4. The fourth-order valence-corrected chi connectivity index (χ4v) is 1.07. The van der Waals surface area contributed by atoms with Gasteiger partial charge in [0.2, 0.25) is 5.82 Å². The van der Waals surface area contributed by atoms with Crippen molar-refractivity contribution in [2.45, 2.75) is 0 Å². The number of nitro groups is 1. The van der Waals surface area contributed by atoms with E-state index in [1.54, 1.807) is 7.05 Å². The number of halogens is 1. The predicted molar refractivity (Wildman–Crippen MR) is 48.1 cm³/mol. The smallest absolute Gasteiger partial charge is 0.311 e. The molecule has 0 aliphatic carbocycles. The van der Waals surface area contributed by atoms with Gasteiger partial charge in [-0.05, 0) is 22.0 Å². The average Bonchev–Trinajstić information content (AvgIpc) is 2.03. The van der Waals surface area contributed by atoms with E-state index < -0.39 is 4.92 Å². The molecule has 64 valence electrons. The van der Waals surface area contributed by atoms with Crippen molar-refractivity contribution in [1.29, 1.82) is 0 Å². The molecule has 0 saturated carbocycles. The van der Waals surface area contributed by atoms with Crippen LogP contribution >= 0.6 is 15.9 Å². The Labute approximate surface area is 77.1 Å². The zero-order valence-electron chi connectivity index (χ0n) is 6.24. The minimum atomic E-state index is -0.481. The highest BCUT2D eigenvalue weighted by Crippen LogP contribution is 2.23. The van der Waals surface area contributed by atoms with Crippen LogP contribution < -0.4 is 5.32 Å². The van der Waals surface area contributed by atoms with Crippen molar-refractivity contribution >= 4 is 27.4 Å². The van der Waals surface area contributed by atoms with Gasteiger partial charge < -0.3 is 5.32 Å². The summed E-state index contributed by atoms with van der Waals surface area (Å²) < 4.78 is 0.567. The lowest BCUT2D eigenvalue weighted by atomic mass is 10.4. The Bertz CT molecular complexity index is 316. The molecular weight excluding hydrogens is 226 g/mol. The van der Waals surface area contributed by atoms with E-state index in [2.05, 4.69) is 26.2 Å². The number of pyridine rings is 1. The lowest BCUT2D eigenvalue weighted by Gasteiger charge is -1.99. The molecule has 1 N–H and O–H groups in total. The fraction of sp³-hybridized carbons (Fsp3) is 0.167. The third-order valence-corrected chi connectivity index (χ3v) is 1.72. The number of rotatable bonds is 2. The van der Waals surface area contributed by atoms with Crippen molar-refractivity contribution in [3.05, 3.63) is 26.9 Å². The van der Waals surface area contributed by atoms with Crippen molar-refractivity contribution < 1.29 is 4.92 Å². The molecule has 0 bridgehead atoms. The fourth-order valence-electron chi connectivity index (χ4n) is 0.759. The number of hydrogen-bond donors (Lipinski definition) is 1. The van der Waals surface area contributed by atoms with Gasteiger partial charge in [0.05, 0.1) is 4.92 Å². The first-order valence-corrected chi connectivity index (χ1v) is 3.93. The van der Waals surface area contributed by atoms with Gasteiger partial charge in [-0.3, -0.25) is 10.1 Å². The third-order valence-electron chi connectivity index (χ3n) is 1.27. The molecule has 6 heteroatoms. The number of nitrogens with zero attached hydrogens (tertiary/aromatic N) is 2. The molecule has 1 heterocycles. The maximum absolute atomic E-state index is 10.4. The summed E-state index contributed by atoms with van der Waals surface area (Å²) in [6, 6.07) is 2.92. The molecule has 0 amide bonds. The first-order valence-electron chi connectivity index (χ1n) is 3.14. The van der Waals surface area contributed by atoms with Crippen molar-refractivity contribution in [2.75, 3.05) is 12.4 Å². The average molecular weight is 232 g/mol. The van der Waals surface area contributed by atoms with Gasteiger partial charge >= 0.3 is 5.69 Å². The summed E-state index contributed by atoms with van der Waals surface area (Å²) in [6.45, 7) is 0. The van der Waals surface area contributed by atoms with Crippen LogP contribution in [0.5, 0.6) is 0 Å². The third kappa shape index (κ3) is 1.70. The van der Waals surface area contributed by atoms with Gasteiger partial charge in [0, 0.05) is 13.1 Å². The SMILES string of the molecule is CNc1nc(Br)ccc1[N+](=O)[O-]. The van der Waals surface area contributed by atoms with Crippen molar-refractivity contribution in [1.82, 2.24) is 4.98 Å². The van der Waals surface area contributed by atoms with Gasteiger partial charge in [0.1, 0.15) is 4.60 Å². The molecular formula is C6H6BrN3O2. The molecule has 0 aliphatic rings. The second-order valence-electron chi connectivity index (χ2n) is 2.01. The summed E-state index contributed by atoms with van der Waals surface area (Å²) in [4.78, 5) is 13.8. The Hall–Kier alpha value is -1.17. The first kappa shape index (κ1) is 8.92. The van der Waals surface area contributed by atoms with Gasteiger partial charge in [-0.15, -0.1) is 0 Å². The summed E-state index contributed by atoms with van der Waals surface area (Å²) >= 11 is 3.11. The summed E-state index contributed by atoms with van der Waals surface area (Å²) in [5, 5.41) is 13.0. The molecule has 5 nitrogen and oxygen atoms in total. The number of nitrogens with one attached hydrogen (secondary N) is 1. The number of aromatic nitrogens is 1. The van der Waals surface area contributed by atoms with Gasteiger partial charge in [0.25, 0.3) is 0 Å².